The van der Waals surface area contributed by atoms with E-state index < -0.39 is 17.3 Å². The number of thioether (sulfide) groups is 1. The van der Waals surface area contributed by atoms with Crippen LogP contribution >= 0.6 is 11.8 Å². The van der Waals surface area contributed by atoms with Crippen molar-refractivity contribution in [1.29, 1.82) is 0 Å². The molecule has 2 N–H and O–H groups in total. The van der Waals surface area contributed by atoms with Gasteiger partial charge in [0.2, 0.25) is 16.9 Å². The van der Waals surface area contributed by atoms with Crippen LogP contribution in [0.15, 0.2) is 12.2 Å². The molecule has 1 unspecified atom stereocenters. The highest BCUT2D eigenvalue weighted by atomic mass is 32.2. The summed E-state index contributed by atoms with van der Waals surface area (Å²) >= 11 is 1.15. The summed E-state index contributed by atoms with van der Waals surface area (Å²) in [5, 5.41) is 5.45. The fourth-order valence-corrected chi connectivity index (χ4v) is 2.97. The summed E-state index contributed by atoms with van der Waals surface area (Å²) in [6.45, 7) is 10.2. The fourth-order valence-electron chi connectivity index (χ4n) is 2.33. The number of hydrogen-bond donors (Lipinski definition) is 2. The molecule has 148 valence electrons. The van der Waals surface area contributed by atoms with Crippen molar-refractivity contribution in [3.63, 3.8) is 0 Å². The van der Waals surface area contributed by atoms with Crippen LogP contribution in [-0.2, 0) is 23.9 Å². The van der Waals surface area contributed by atoms with Gasteiger partial charge in [-0.15, -0.1) is 0 Å². The Balaban J connectivity index is 2.28. The summed E-state index contributed by atoms with van der Waals surface area (Å²) in [6.07, 6.45) is 2.71. The smallest absolute Gasteiger partial charge is 0.249 e. The van der Waals surface area contributed by atoms with Crippen LogP contribution in [0, 0.1) is 5.41 Å². The zero-order valence-electron chi connectivity index (χ0n) is 16.2. The number of ether oxygens (including phenoxy) is 2. The molecule has 1 aliphatic rings. The largest absolute Gasteiger partial charge is 0.355 e. The van der Waals surface area contributed by atoms with Gasteiger partial charge in [-0.2, -0.15) is 0 Å². The minimum absolute atomic E-state index is 0.0315. The van der Waals surface area contributed by atoms with Crippen molar-refractivity contribution in [2.24, 2.45) is 5.41 Å². The Hall–Kier alpha value is -1.38. The van der Waals surface area contributed by atoms with Crippen molar-refractivity contribution in [1.82, 2.24) is 10.6 Å². The lowest BCUT2D eigenvalue weighted by atomic mass is 9.85. The summed E-state index contributed by atoms with van der Waals surface area (Å²) in [4.78, 5) is 35.5. The van der Waals surface area contributed by atoms with E-state index in [1.807, 2.05) is 13.8 Å². The Morgan fingerprint density at radius 2 is 1.85 bits per heavy atom. The highest BCUT2D eigenvalue weighted by molar-refractivity contribution is 8.14. The van der Waals surface area contributed by atoms with E-state index in [0.717, 1.165) is 11.8 Å². The standard InChI is InChI=1S/C18H30N2O5S/c1-6-7-14(22)26-11-10-19-13(21)8-9-20-16(23)15-17(2,3)12-24-18(4,5)25-15/h6-7,15H,8-12H2,1-5H3,(H,19,21)(H,20,23)/b7-6+. The van der Waals surface area contributed by atoms with Crippen LogP contribution in [0.2, 0.25) is 0 Å². The quantitative estimate of drug-likeness (QED) is 0.486. The van der Waals surface area contributed by atoms with Gasteiger partial charge in [0.1, 0.15) is 6.10 Å². The van der Waals surface area contributed by atoms with Crippen molar-refractivity contribution in [2.75, 3.05) is 25.4 Å². The lowest BCUT2D eigenvalue weighted by molar-refractivity contribution is -0.304. The maximum Gasteiger partial charge on any atom is 0.249 e. The Morgan fingerprint density at radius 3 is 2.50 bits per heavy atom. The number of carbonyl (C=O) groups excluding carboxylic acids is 3. The molecule has 1 saturated heterocycles. The molecular weight excluding hydrogens is 356 g/mol. The molecule has 0 radical (unpaired) electrons. The van der Waals surface area contributed by atoms with Gasteiger partial charge >= 0.3 is 0 Å². The van der Waals surface area contributed by atoms with Gasteiger partial charge in [0.05, 0.1) is 6.61 Å². The second-order valence-corrected chi connectivity index (χ2v) is 8.33. The third-order valence-corrected chi connectivity index (χ3v) is 4.59. The highest BCUT2D eigenvalue weighted by Crippen LogP contribution is 2.34. The topological polar surface area (TPSA) is 93.7 Å². The first-order valence-corrected chi connectivity index (χ1v) is 9.71. The van der Waals surface area contributed by atoms with E-state index >= 15 is 0 Å². The number of carbonyl (C=O) groups is 3. The maximum atomic E-state index is 12.4. The predicted octanol–water partition coefficient (Wildman–Crippen LogP) is 1.62. The molecular formula is C18H30N2O5S. The molecule has 0 aromatic rings. The molecule has 7 nitrogen and oxygen atoms in total. The van der Waals surface area contributed by atoms with E-state index in [4.69, 9.17) is 9.47 Å². The Labute approximate surface area is 159 Å². The molecule has 2 amide bonds. The third kappa shape index (κ3) is 7.88. The minimum atomic E-state index is -0.809. The van der Waals surface area contributed by atoms with Crippen LogP contribution in [0.3, 0.4) is 0 Å². The Bertz CT molecular complexity index is 546. The van der Waals surface area contributed by atoms with Crippen LogP contribution in [0.25, 0.3) is 0 Å². The number of nitrogens with one attached hydrogen (secondary N) is 2. The van der Waals surface area contributed by atoms with Gasteiger partial charge in [-0.25, -0.2) is 0 Å². The van der Waals surface area contributed by atoms with E-state index in [1.54, 1.807) is 26.8 Å². The molecule has 26 heavy (non-hydrogen) atoms. The Kier molecular flexibility index (Phi) is 8.79. The summed E-state index contributed by atoms with van der Waals surface area (Å²) in [6, 6.07) is 0. The molecule has 8 heteroatoms. The first-order chi connectivity index (χ1) is 12.1. The summed E-state index contributed by atoms with van der Waals surface area (Å²) in [5.74, 6) is -0.708. The van der Waals surface area contributed by atoms with Crippen molar-refractivity contribution < 1.29 is 23.9 Å². The maximum absolute atomic E-state index is 12.4. The average Bonchev–Trinajstić information content (AvgIpc) is 2.54. The highest BCUT2D eigenvalue weighted by Gasteiger charge is 2.45. The van der Waals surface area contributed by atoms with Crippen LogP contribution in [-0.4, -0.2) is 54.3 Å². The predicted molar refractivity (Wildman–Crippen MR) is 102 cm³/mol. The van der Waals surface area contributed by atoms with Crippen molar-refractivity contribution in [3.05, 3.63) is 12.2 Å². The second-order valence-electron chi connectivity index (χ2n) is 7.23. The van der Waals surface area contributed by atoms with Crippen molar-refractivity contribution >= 4 is 28.7 Å². The lowest BCUT2D eigenvalue weighted by Crippen LogP contribution is -2.56. The molecule has 0 aromatic carbocycles. The summed E-state index contributed by atoms with van der Waals surface area (Å²) < 4.78 is 11.3. The molecule has 0 aromatic heterocycles. The van der Waals surface area contributed by atoms with Gasteiger partial charge in [-0.3, -0.25) is 14.4 Å². The zero-order chi connectivity index (χ0) is 19.8. The minimum Gasteiger partial charge on any atom is -0.355 e. The summed E-state index contributed by atoms with van der Waals surface area (Å²) in [7, 11) is 0. The fraction of sp³-hybridized carbons (Fsp3) is 0.722. The number of rotatable bonds is 8. The average molecular weight is 387 g/mol. The van der Waals surface area contributed by atoms with E-state index in [-0.39, 0.29) is 29.9 Å². The molecule has 1 heterocycles. The zero-order valence-corrected chi connectivity index (χ0v) is 17.0. The van der Waals surface area contributed by atoms with E-state index in [2.05, 4.69) is 10.6 Å². The number of amides is 2. The molecule has 0 spiro atoms. The summed E-state index contributed by atoms with van der Waals surface area (Å²) in [5.41, 5.74) is -0.446. The monoisotopic (exact) mass is 386 g/mol. The first-order valence-electron chi connectivity index (χ1n) is 8.73. The molecule has 1 fully saturated rings. The lowest BCUT2D eigenvalue weighted by Gasteiger charge is -2.44. The molecule has 0 aliphatic carbocycles. The number of hydrogen-bond acceptors (Lipinski definition) is 6. The van der Waals surface area contributed by atoms with Gasteiger partial charge in [0.15, 0.2) is 5.79 Å². The Morgan fingerprint density at radius 1 is 1.15 bits per heavy atom. The van der Waals surface area contributed by atoms with Crippen LogP contribution in [0.4, 0.5) is 0 Å². The molecule has 0 saturated carbocycles. The normalized spacial score (nSPS) is 21.3. The van der Waals surface area contributed by atoms with Crippen LogP contribution < -0.4 is 10.6 Å². The van der Waals surface area contributed by atoms with Crippen molar-refractivity contribution in [2.45, 2.75) is 52.9 Å². The van der Waals surface area contributed by atoms with Crippen molar-refractivity contribution in [3.8, 4) is 0 Å². The van der Waals surface area contributed by atoms with Crippen LogP contribution in [0.5, 0.6) is 0 Å². The number of allylic oxidation sites excluding steroid dienone is 1. The van der Waals surface area contributed by atoms with E-state index in [0.29, 0.717) is 18.9 Å². The first kappa shape index (κ1) is 22.7. The SMILES string of the molecule is C/C=C/C(=O)SCCNC(=O)CCNC(=O)C1OC(C)(C)OCC1(C)C. The van der Waals surface area contributed by atoms with Gasteiger partial charge in [0.25, 0.3) is 0 Å². The van der Waals surface area contributed by atoms with Crippen LogP contribution in [0.1, 0.15) is 41.0 Å². The molecule has 1 aliphatic heterocycles. The van der Waals surface area contributed by atoms with E-state index in [1.165, 1.54) is 6.08 Å². The van der Waals surface area contributed by atoms with Gasteiger partial charge in [0, 0.05) is 30.7 Å². The molecule has 1 atom stereocenters. The third-order valence-electron chi connectivity index (χ3n) is 3.76. The molecule has 0 bridgehead atoms. The van der Waals surface area contributed by atoms with Gasteiger partial charge in [-0.1, -0.05) is 31.7 Å². The molecule has 1 rings (SSSR count). The van der Waals surface area contributed by atoms with Gasteiger partial charge < -0.3 is 20.1 Å². The van der Waals surface area contributed by atoms with Gasteiger partial charge in [-0.05, 0) is 26.8 Å². The van der Waals surface area contributed by atoms with E-state index in [9.17, 15) is 14.4 Å². The second kappa shape index (κ2) is 10.1.